The first-order chi connectivity index (χ1) is 6.82. The van der Waals surface area contributed by atoms with E-state index in [2.05, 4.69) is 0 Å². The van der Waals surface area contributed by atoms with Gasteiger partial charge in [0.1, 0.15) is 5.57 Å². The number of hydrogen-bond donors (Lipinski definition) is 0. The summed E-state index contributed by atoms with van der Waals surface area (Å²) in [5.41, 5.74) is -3.84. The van der Waals surface area contributed by atoms with Gasteiger partial charge in [0, 0.05) is 0 Å². The molecule has 0 spiro atoms. The molecule has 0 amide bonds. The molecule has 0 unspecified atom stereocenters. The van der Waals surface area contributed by atoms with E-state index in [1.165, 1.54) is 0 Å². The van der Waals surface area contributed by atoms with Crippen molar-refractivity contribution in [1.29, 1.82) is 0 Å². The first kappa shape index (κ1) is 13.1. The monoisotopic (exact) mass is 262 g/mol. The molecule has 0 atom stereocenters. The molecular weight excluding hydrogens is 262 g/mol. The summed E-state index contributed by atoms with van der Waals surface area (Å²) in [6, 6.07) is 0. The molecule has 1 saturated carbocycles. The molecule has 0 aliphatic heterocycles. The highest BCUT2D eigenvalue weighted by Crippen LogP contribution is 2.66. The van der Waals surface area contributed by atoms with E-state index in [9.17, 15) is 43.9 Å². The fourth-order valence-electron chi connectivity index (χ4n) is 1.14. The number of halogens is 10. The minimum Gasteiger partial charge on any atom is -0.194 e. The van der Waals surface area contributed by atoms with Crippen LogP contribution in [0.2, 0.25) is 0 Å². The highest BCUT2D eigenvalue weighted by molar-refractivity contribution is 5.38. The number of alkyl halides is 8. The standard InChI is InChI=1S/C6F10/c7-2(8)1-3(9,10)5(13,14)6(15,16)4(1,11)12. The van der Waals surface area contributed by atoms with Crippen LogP contribution >= 0.6 is 0 Å². The molecule has 0 aromatic rings. The Morgan fingerprint density at radius 2 is 0.875 bits per heavy atom. The third-order valence-electron chi connectivity index (χ3n) is 2.00. The fourth-order valence-corrected chi connectivity index (χ4v) is 1.14. The Morgan fingerprint density at radius 1 is 0.625 bits per heavy atom. The van der Waals surface area contributed by atoms with Crippen molar-refractivity contribution in [2.75, 3.05) is 0 Å². The van der Waals surface area contributed by atoms with E-state index in [4.69, 9.17) is 0 Å². The summed E-state index contributed by atoms with van der Waals surface area (Å²) in [6.07, 6.45) is -3.95. The van der Waals surface area contributed by atoms with Crippen LogP contribution in [0, 0.1) is 0 Å². The molecular formula is C6F10. The van der Waals surface area contributed by atoms with Gasteiger partial charge in [-0.15, -0.1) is 0 Å². The molecule has 0 aromatic carbocycles. The number of rotatable bonds is 0. The van der Waals surface area contributed by atoms with E-state index in [1.807, 2.05) is 0 Å². The van der Waals surface area contributed by atoms with Crippen molar-refractivity contribution in [2.45, 2.75) is 23.7 Å². The summed E-state index contributed by atoms with van der Waals surface area (Å²) < 4.78 is 122. The third-order valence-corrected chi connectivity index (χ3v) is 2.00. The maximum absolute atomic E-state index is 12.4. The highest BCUT2D eigenvalue weighted by Gasteiger charge is 2.92. The van der Waals surface area contributed by atoms with Gasteiger partial charge in [0.25, 0.3) is 6.08 Å². The molecule has 0 nitrogen and oxygen atoms in total. The lowest BCUT2D eigenvalue weighted by Crippen LogP contribution is -2.51. The van der Waals surface area contributed by atoms with E-state index in [0.717, 1.165) is 0 Å². The van der Waals surface area contributed by atoms with Crippen LogP contribution in [0.5, 0.6) is 0 Å². The van der Waals surface area contributed by atoms with Gasteiger partial charge in [-0.05, 0) is 0 Å². The van der Waals surface area contributed by atoms with Crippen LogP contribution in [0.15, 0.2) is 11.7 Å². The summed E-state index contributed by atoms with van der Waals surface area (Å²) in [6.45, 7) is 0. The topological polar surface area (TPSA) is 0 Å². The van der Waals surface area contributed by atoms with Crippen LogP contribution in [0.1, 0.15) is 0 Å². The maximum Gasteiger partial charge on any atom is 0.383 e. The zero-order valence-electron chi connectivity index (χ0n) is 6.78. The fraction of sp³-hybridized carbons (Fsp3) is 0.667. The molecule has 0 radical (unpaired) electrons. The zero-order valence-corrected chi connectivity index (χ0v) is 6.78. The van der Waals surface area contributed by atoms with Crippen LogP contribution in [-0.2, 0) is 0 Å². The Hall–Kier alpha value is -0.960. The van der Waals surface area contributed by atoms with Crippen molar-refractivity contribution in [3.05, 3.63) is 11.7 Å². The Bertz CT molecular complexity index is 318. The van der Waals surface area contributed by atoms with E-state index in [1.54, 1.807) is 0 Å². The van der Waals surface area contributed by atoms with Gasteiger partial charge < -0.3 is 0 Å². The van der Waals surface area contributed by atoms with Crippen LogP contribution in [-0.4, -0.2) is 23.7 Å². The normalized spacial score (nSPS) is 29.2. The SMILES string of the molecule is FC(F)=C1C(F)(F)C(F)(F)C(F)(F)C1(F)F. The second-order valence-corrected chi connectivity index (χ2v) is 2.93. The van der Waals surface area contributed by atoms with Crippen molar-refractivity contribution < 1.29 is 43.9 Å². The Kier molecular flexibility index (Phi) is 2.32. The van der Waals surface area contributed by atoms with E-state index < -0.39 is 35.3 Å². The molecule has 1 fully saturated rings. The molecule has 1 rings (SSSR count). The number of allylic oxidation sites excluding steroid dienone is 1. The van der Waals surface area contributed by atoms with Gasteiger partial charge in [0.15, 0.2) is 0 Å². The van der Waals surface area contributed by atoms with Gasteiger partial charge in [-0.3, -0.25) is 0 Å². The molecule has 94 valence electrons. The van der Waals surface area contributed by atoms with Crippen LogP contribution in [0.4, 0.5) is 43.9 Å². The summed E-state index contributed by atoms with van der Waals surface area (Å²) in [4.78, 5) is 0. The summed E-state index contributed by atoms with van der Waals surface area (Å²) >= 11 is 0. The first-order valence-electron chi connectivity index (χ1n) is 3.39. The summed E-state index contributed by atoms with van der Waals surface area (Å²) in [5.74, 6) is -25.8. The molecule has 16 heavy (non-hydrogen) atoms. The van der Waals surface area contributed by atoms with Crippen molar-refractivity contribution >= 4 is 0 Å². The Balaban J connectivity index is 3.66. The Morgan fingerprint density at radius 3 is 1.00 bits per heavy atom. The molecule has 0 aromatic heterocycles. The quantitative estimate of drug-likeness (QED) is 0.584. The Labute approximate surface area is 80.5 Å². The maximum atomic E-state index is 12.4. The van der Waals surface area contributed by atoms with Crippen molar-refractivity contribution in [1.82, 2.24) is 0 Å². The van der Waals surface area contributed by atoms with Crippen molar-refractivity contribution in [3.63, 3.8) is 0 Å². The van der Waals surface area contributed by atoms with Crippen LogP contribution < -0.4 is 0 Å². The van der Waals surface area contributed by atoms with Crippen molar-refractivity contribution in [3.8, 4) is 0 Å². The largest absolute Gasteiger partial charge is 0.383 e. The zero-order chi connectivity index (χ0) is 13.2. The second-order valence-electron chi connectivity index (χ2n) is 2.93. The predicted octanol–water partition coefficient (Wildman–Crippen LogP) is 3.69. The molecule has 10 heteroatoms. The molecule has 0 saturated heterocycles. The summed E-state index contributed by atoms with van der Waals surface area (Å²) in [7, 11) is 0. The van der Waals surface area contributed by atoms with Crippen molar-refractivity contribution in [2.24, 2.45) is 0 Å². The van der Waals surface area contributed by atoms with Gasteiger partial charge in [-0.2, -0.15) is 43.9 Å². The van der Waals surface area contributed by atoms with Gasteiger partial charge in [-0.25, -0.2) is 0 Å². The van der Waals surface area contributed by atoms with E-state index >= 15 is 0 Å². The lowest BCUT2D eigenvalue weighted by Gasteiger charge is -2.23. The minimum absolute atomic E-state index is 3.84. The molecule has 1 aliphatic carbocycles. The average Bonchev–Trinajstić information content (AvgIpc) is 2.05. The molecule has 0 N–H and O–H groups in total. The predicted molar refractivity (Wildman–Crippen MR) is 29.0 cm³/mol. The molecule has 1 aliphatic rings. The first-order valence-corrected chi connectivity index (χ1v) is 3.39. The second kappa shape index (κ2) is 2.83. The van der Waals surface area contributed by atoms with Gasteiger partial charge in [-0.1, -0.05) is 0 Å². The molecule has 0 bridgehead atoms. The van der Waals surface area contributed by atoms with E-state index in [0.29, 0.717) is 0 Å². The van der Waals surface area contributed by atoms with Crippen LogP contribution in [0.3, 0.4) is 0 Å². The van der Waals surface area contributed by atoms with Gasteiger partial charge in [0.05, 0.1) is 0 Å². The third kappa shape index (κ3) is 1.07. The van der Waals surface area contributed by atoms with E-state index in [-0.39, 0.29) is 0 Å². The highest BCUT2D eigenvalue weighted by atomic mass is 19.4. The number of hydrogen-bond acceptors (Lipinski definition) is 0. The lowest BCUT2D eigenvalue weighted by molar-refractivity contribution is -0.303. The molecule has 0 heterocycles. The van der Waals surface area contributed by atoms with Crippen LogP contribution in [0.25, 0.3) is 0 Å². The van der Waals surface area contributed by atoms with Gasteiger partial charge >= 0.3 is 23.7 Å². The van der Waals surface area contributed by atoms with Gasteiger partial charge in [0.2, 0.25) is 0 Å². The minimum atomic E-state index is -6.58. The summed E-state index contributed by atoms with van der Waals surface area (Å²) in [5, 5.41) is 0. The smallest absolute Gasteiger partial charge is 0.194 e. The lowest BCUT2D eigenvalue weighted by atomic mass is 10.1. The average molecular weight is 262 g/mol.